The molecule has 7 nitrogen and oxygen atoms in total. The predicted molar refractivity (Wildman–Crippen MR) is 77.5 cm³/mol. The fraction of sp³-hybridized carbons (Fsp3) is 0.400. The first-order chi connectivity index (χ1) is 10.6. The van der Waals surface area contributed by atoms with Gasteiger partial charge in [0.15, 0.2) is 18.1 Å². The van der Waals surface area contributed by atoms with Crippen LogP contribution in [0.2, 0.25) is 0 Å². The van der Waals surface area contributed by atoms with Crippen molar-refractivity contribution in [2.24, 2.45) is 0 Å². The molecule has 0 radical (unpaired) electrons. The molecule has 1 heterocycles. The highest BCUT2D eigenvalue weighted by Gasteiger charge is 2.30. The Morgan fingerprint density at radius 3 is 2.77 bits per heavy atom. The fourth-order valence-electron chi connectivity index (χ4n) is 2.14. The monoisotopic (exact) mass is 307 g/mol. The summed E-state index contributed by atoms with van der Waals surface area (Å²) in [6.07, 6.45) is 0.643. The lowest BCUT2D eigenvalue weighted by Gasteiger charge is -2.30. The van der Waals surface area contributed by atoms with Gasteiger partial charge in [-0.05, 0) is 26.0 Å². The van der Waals surface area contributed by atoms with E-state index in [0.717, 1.165) is 0 Å². The zero-order chi connectivity index (χ0) is 16.1. The van der Waals surface area contributed by atoms with Gasteiger partial charge < -0.3 is 14.2 Å². The highest BCUT2D eigenvalue weighted by Crippen LogP contribution is 2.41. The maximum Gasteiger partial charge on any atom is 0.326 e. The molecule has 118 valence electrons. The minimum absolute atomic E-state index is 0.201. The van der Waals surface area contributed by atoms with Crippen LogP contribution in [0.3, 0.4) is 0 Å². The van der Waals surface area contributed by atoms with Crippen LogP contribution in [0.1, 0.15) is 24.2 Å². The van der Waals surface area contributed by atoms with Gasteiger partial charge in [0, 0.05) is 5.56 Å². The van der Waals surface area contributed by atoms with Crippen molar-refractivity contribution in [3.05, 3.63) is 17.7 Å². The maximum absolute atomic E-state index is 12.0. The summed E-state index contributed by atoms with van der Waals surface area (Å²) in [7, 11) is 0. The van der Waals surface area contributed by atoms with Crippen LogP contribution in [-0.4, -0.2) is 44.5 Å². The van der Waals surface area contributed by atoms with Gasteiger partial charge in [-0.2, -0.15) is 0 Å². The quantitative estimate of drug-likeness (QED) is 0.580. The smallest absolute Gasteiger partial charge is 0.326 e. The summed E-state index contributed by atoms with van der Waals surface area (Å²) in [6.45, 7) is 3.64. The Labute approximate surface area is 127 Å². The van der Waals surface area contributed by atoms with Gasteiger partial charge in [0.05, 0.1) is 18.9 Å². The second-order valence-corrected chi connectivity index (χ2v) is 4.49. The van der Waals surface area contributed by atoms with Crippen molar-refractivity contribution in [1.82, 2.24) is 0 Å². The molecule has 1 aliphatic rings. The van der Waals surface area contributed by atoms with Crippen molar-refractivity contribution in [2.75, 3.05) is 31.3 Å². The zero-order valence-electron chi connectivity index (χ0n) is 12.5. The zero-order valence-corrected chi connectivity index (χ0v) is 12.5. The Morgan fingerprint density at radius 1 is 1.36 bits per heavy atom. The van der Waals surface area contributed by atoms with Crippen LogP contribution in [0.15, 0.2) is 12.1 Å². The van der Waals surface area contributed by atoms with Gasteiger partial charge in [-0.3, -0.25) is 19.3 Å². The molecule has 1 aliphatic heterocycles. The molecule has 0 fully saturated rings. The standard InChI is InChI=1S/C15H17NO6/c1-3-20-12-6-10(8-17)5-11-15(12)22-9-13(18)16(11)7-14(19)21-4-2/h5-6,8H,3-4,7,9H2,1-2H3. The molecule has 1 amide bonds. The van der Waals surface area contributed by atoms with Crippen LogP contribution >= 0.6 is 0 Å². The van der Waals surface area contributed by atoms with Crippen LogP contribution in [0.5, 0.6) is 11.5 Å². The first kappa shape index (κ1) is 15.8. The van der Waals surface area contributed by atoms with Crippen LogP contribution in [0.4, 0.5) is 5.69 Å². The number of nitrogens with zero attached hydrogens (tertiary/aromatic N) is 1. The van der Waals surface area contributed by atoms with Gasteiger partial charge in [-0.1, -0.05) is 0 Å². The molecule has 0 aliphatic carbocycles. The molecule has 0 bridgehead atoms. The van der Waals surface area contributed by atoms with Gasteiger partial charge in [-0.25, -0.2) is 0 Å². The first-order valence-electron chi connectivity index (χ1n) is 6.95. The van der Waals surface area contributed by atoms with Gasteiger partial charge in [-0.15, -0.1) is 0 Å². The third kappa shape index (κ3) is 3.19. The van der Waals surface area contributed by atoms with E-state index in [9.17, 15) is 14.4 Å². The summed E-state index contributed by atoms with van der Waals surface area (Å²) in [5.41, 5.74) is 0.659. The molecule has 1 aromatic rings. The molecule has 22 heavy (non-hydrogen) atoms. The molecule has 0 saturated heterocycles. The predicted octanol–water partition coefficient (Wildman–Crippen LogP) is 1.19. The highest BCUT2D eigenvalue weighted by atomic mass is 16.5. The molecule has 0 atom stereocenters. The number of anilines is 1. The minimum Gasteiger partial charge on any atom is -0.490 e. The summed E-state index contributed by atoms with van der Waals surface area (Å²) in [4.78, 5) is 36.0. The van der Waals surface area contributed by atoms with Gasteiger partial charge in [0.1, 0.15) is 12.8 Å². The molecule has 0 unspecified atom stereocenters. The maximum atomic E-state index is 12.0. The van der Waals surface area contributed by atoms with Crippen molar-refractivity contribution >= 4 is 23.9 Å². The fourth-order valence-corrected chi connectivity index (χ4v) is 2.14. The van der Waals surface area contributed by atoms with Crippen molar-refractivity contribution in [2.45, 2.75) is 13.8 Å². The van der Waals surface area contributed by atoms with E-state index in [4.69, 9.17) is 14.2 Å². The second kappa shape index (κ2) is 6.93. The number of carbonyl (C=O) groups excluding carboxylic acids is 3. The number of hydrogen-bond donors (Lipinski definition) is 0. The molecule has 0 aromatic heterocycles. The Bertz CT molecular complexity index is 598. The lowest BCUT2D eigenvalue weighted by Crippen LogP contribution is -2.42. The van der Waals surface area contributed by atoms with E-state index in [1.54, 1.807) is 13.8 Å². The number of amides is 1. The topological polar surface area (TPSA) is 82.1 Å². The van der Waals surface area contributed by atoms with E-state index >= 15 is 0 Å². The van der Waals surface area contributed by atoms with E-state index in [1.165, 1.54) is 17.0 Å². The second-order valence-electron chi connectivity index (χ2n) is 4.49. The molecular formula is C15H17NO6. The summed E-state index contributed by atoms with van der Waals surface area (Å²) in [6, 6.07) is 3.02. The summed E-state index contributed by atoms with van der Waals surface area (Å²) in [5, 5.41) is 0. The van der Waals surface area contributed by atoms with Crippen molar-refractivity contribution in [1.29, 1.82) is 0 Å². The number of rotatable bonds is 6. The van der Waals surface area contributed by atoms with E-state index in [2.05, 4.69) is 0 Å². The van der Waals surface area contributed by atoms with Crippen LogP contribution < -0.4 is 14.4 Å². The summed E-state index contributed by atoms with van der Waals surface area (Å²) in [5.74, 6) is -0.205. The molecule has 0 N–H and O–H groups in total. The lowest BCUT2D eigenvalue weighted by molar-refractivity contribution is -0.142. The van der Waals surface area contributed by atoms with Crippen molar-refractivity contribution < 1.29 is 28.6 Å². The molecule has 0 spiro atoms. The average Bonchev–Trinajstić information content (AvgIpc) is 2.50. The number of esters is 1. The van der Waals surface area contributed by atoms with Crippen molar-refractivity contribution in [3.8, 4) is 11.5 Å². The van der Waals surface area contributed by atoms with E-state index in [-0.39, 0.29) is 25.7 Å². The number of fused-ring (bicyclic) bond motifs is 1. The first-order valence-corrected chi connectivity index (χ1v) is 6.95. The van der Waals surface area contributed by atoms with E-state index in [1.807, 2.05) is 0 Å². The molecule has 7 heteroatoms. The Kier molecular flexibility index (Phi) is 4.98. The normalized spacial score (nSPS) is 13.2. The molecular weight excluding hydrogens is 290 g/mol. The number of carbonyl (C=O) groups is 3. The van der Waals surface area contributed by atoms with Gasteiger partial charge >= 0.3 is 5.97 Å². The number of ether oxygens (including phenoxy) is 3. The lowest BCUT2D eigenvalue weighted by atomic mass is 10.1. The Balaban J connectivity index is 2.43. The number of aldehydes is 1. The van der Waals surface area contributed by atoms with Crippen LogP contribution in [0, 0.1) is 0 Å². The highest BCUT2D eigenvalue weighted by molar-refractivity contribution is 6.02. The van der Waals surface area contributed by atoms with E-state index < -0.39 is 5.97 Å². The summed E-state index contributed by atoms with van der Waals surface area (Å²) < 4.78 is 15.7. The van der Waals surface area contributed by atoms with Gasteiger partial charge in [0.2, 0.25) is 0 Å². The largest absolute Gasteiger partial charge is 0.490 e. The third-order valence-corrected chi connectivity index (χ3v) is 3.02. The van der Waals surface area contributed by atoms with Crippen LogP contribution in [0.25, 0.3) is 0 Å². The average molecular weight is 307 g/mol. The summed E-state index contributed by atoms with van der Waals surface area (Å²) >= 11 is 0. The van der Waals surface area contributed by atoms with Gasteiger partial charge in [0.25, 0.3) is 5.91 Å². The Hall–Kier alpha value is -2.57. The number of hydrogen-bond acceptors (Lipinski definition) is 6. The Morgan fingerprint density at radius 2 is 2.14 bits per heavy atom. The minimum atomic E-state index is -0.529. The van der Waals surface area contributed by atoms with Crippen molar-refractivity contribution in [3.63, 3.8) is 0 Å². The van der Waals surface area contributed by atoms with E-state index in [0.29, 0.717) is 35.6 Å². The number of benzene rings is 1. The molecule has 1 aromatic carbocycles. The molecule has 0 saturated carbocycles. The third-order valence-electron chi connectivity index (χ3n) is 3.02. The SMILES string of the molecule is CCOC(=O)CN1C(=O)COc2c(OCC)cc(C=O)cc21. The molecule has 2 rings (SSSR count). The van der Waals surface area contributed by atoms with Crippen LogP contribution in [-0.2, 0) is 14.3 Å².